The van der Waals surface area contributed by atoms with Gasteiger partial charge in [0.25, 0.3) is 0 Å². The summed E-state index contributed by atoms with van der Waals surface area (Å²) in [5.74, 6) is 1.22. The molecule has 0 aromatic heterocycles. The van der Waals surface area contributed by atoms with Crippen LogP contribution in [0.25, 0.3) is 0 Å². The molecule has 2 aromatic rings. The molecule has 0 aliphatic heterocycles. The van der Waals surface area contributed by atoms with E-state index < -0.39 is 0 Å². The van der Waals surface area contributed by atoms with Gasteiger partial charge in [-0.05, 0) is 51.8 Å². The van der Waals surface area contributed by atoms with E-state index in [0.29, 0.717) is 28.1 Å². The lowest BCUT2D eigenvalue weighted by Crippen LogP contribution is -2.02. The highest BCUT2D eigenvalue weighted by atomic mass is 79.9. The Kier molecular flexibility index (Phi) is 5.76. The predicted molar refractivity (Wildman–Crippen MR) is 89.4 cm³/mol. The minimum atomic E-state index is 0.288. The van der Waals surface area contributed by atoms with Crippen molar-refractivity contribution >= 4 is 39.1 Å². The molecule has 0 fully saturated rings. The summed E-state index contributed by atoms with van der Waals surface area (Å²) in [6, 6.07) is 9.00. The Morgan fingerprint density at radius 2 is 1.95 bits per heavy atom. The van der Waals surface area contributed by atoms with Crippen LogP contribution in [-0.2, 0) is 13.2 Å². The lowest BCUT2D eigenvalue weighted by molar-refractivity contribution is 0.282. The quantitative estimate of drug-likeness (QED) is 0.797. The minimum Gasteiger partial charge on any atom is -0.493 e. The molecule has 0 atom stereocenters. The molecule has 6 heteroatoms. The highest BCUT2D eigenvalue weighted by molar-refractivity contribution is 9.10. The zero-order valence-corrected chi connectivity index (χ0v) is 14.4. The molecule has 2 N–H and O–H groups in total. The van der Waals surface area contributed by atoms with E-state index in [0.717, 1.165) is 15.6 Å². The molecule has 0 saturated carbocycles. The number of benzene rings is 2. The molecule has 0 bridgehead atoms. The van der Waals surface area contributed by atoms with Gasteiger partial charge in [-0.15, -0.1) is 0 Å². The van der Waals surface area contributed by atoms with Crippen molar-refractivity contribution in [1.29, 1.82) is 0 Å². The average Bonchev–Trinajstić information content (AvgIpc) is 2.48. The van der Waals surface area contributed by atoms with Crippen molar-refractivity contribution in [2.24, 2.45) is 5.73 Å². The van der Waals surface area contributed by atoms with Gasteiger partial charge in [-0.25, -0.2) is 0 Å². The average molecular weight is 391 g/mol. The van der Waals surface area contributed by atoms with Crippen molar-refractivity contribution in [2.45, 2.75) is 13.2 Å². The van der Waals surface area contributed by atoms with E-state index in [1.807, 2.05) is 12.1 Å². The normalized spacial score (nSPS) is 10.5. The van der Waals surface area contributed by atoms with Gasteiger partial charge in [0.1, 0.15) is 6.61 Å². The number of methoxy groups -OCH3 is 1. The first kappa shape index (κ1) is 16.4. The first-order chi connectivity index (χ1) is 10.0. The highest BCUT2D eigenvalue weighted by Crippen LogP contribution is 2.37. The van der Waals surface area contributed by atoms with Crippen LogP contribution in [0.5, 0.6) is 11.5 Å². The van der Waals surface area contributed by atoms with Crippen molar-refractivity contribution in [3.63, 3.8) is 0 Å². The summed E-state index contributed by atoms with van der Waals surface area (Å²) >= 11 is 15.6. The largest absolute Gasteiger partial charge is 0.493 e. The van der Waals surface area contributed by atoms with Gasteiger partial charge in [-0.2, -0.15) is 0 Å². The summed E-state index contributed by atoms with van der Waals surface area (Å²) in [6.07, 6.45) is 0. The number of hydrogen-bond acceptors (Lipinski definition) is 3. The molecule has 0 aliphatic rings. The van der Waals surface area contributed by atoms with Gasteiger partial charge >= 0.3 is 0 Å². The molecule has 0 aliphatic carbocycles. The summed E-state index contributed by atoms with van der Waals surface area (Å²) in [5.41, 5.74) is 7.40. The molecule has 3 nitrogen and oxygen atoms in total. The SMILES string of the molecule is COc1cc(CN)cc(Br)c1OCc1cc(Cl)ccc1Cl. The minimum absolute atomic E-state index is 0.288. The summed E-state index contributed by atoms with van der Waals surface area (Å²) in [6.45, 7) is 0.714. The molecular formula is C15H14BrCl2NO2. The van der Waals surface area contributed by atoms with Crippen LogP contribution < -0.4 is 15.2 Å². The third-order valence-corrected chi connectivity index (χ3v) is 4.10. The van der Waals surface area contributed by atoms with Gasteiger partial charge < -0.3 is 15.2 Å². The van der Waals surface area contributed by atoms with E-state index in [-0.39, 0.29) is 6.61 Å². The number of ether oxygens (including phenoxy) is 2. The van der Waals surface area contributed by atoms with Crippen LogP contribution in [0.2, 0.25) is 10.0 Å². The van der Waals surface area contributed by atoms with E-state index >= 15 is 0 Å². The van der Waals surface area contributed by atoms with Crippen molar-refractivity contribution < 1.29 is 9.47 Å². The molecule has 0 amide bonds. The molecule has 2 rings (SSSR count). The third kappa shape index (κ3) is 4.04. The molecule has 0 radical (unpaired) electrons. The van der Waals surface area contributed by atoms with Crippen molar-refractivity contribution in [1.82, 2.24) is 0 Å². The number of halogens is 3. The summed E-state index contributed by atoms with van der Waals surface area (Å²) in [4.78, 5) is 0. The third-order valence-electron chi connectivity index (χ3n) is 2.90. The Morgan fingerprint density at radius 3 is 2.62 bits per heavy atom. The van der Waals surface area contributed by atoms with E-state index in [4.69, 9.17) is 38.4 Å². The maximum absolute atomic E-state index is 6.13. The number of nitrogens with two attached hydrogens (primary N) is 1. The van der Waals surface area contributed by atoms with E-state index in [9.17, 15) is 0 Å². The molecular weight excluding hydrogens is 377 g/mol. The van der Waals surface area contributed by atoms with E-state index in [1.54, 1.807) is 25.3 Å². The molecule has 112 valence electrons. The zero-order valence-electron chi connectivity index (χ0n) is 11.3. The second kappa shape index (κ2) is 7.36. The lowest BCUT2D eigenvalue weighted by Gasteiger charge is -2.14. The maximum Gasteiger partial charge on any atom is 0.175 e. The summed E-state index contributed by atoms with van der Waals surface area (Å²) in [5, 5.41) is 1.22. The van der Waals surface area contributed by atoms with Gasteiger partial charge in [-0.3, -0.25) is 0 Å². The van der Waals surface area contributed by atoms with Crippen LogP contribution in [0.15, 0.2) is 34.8 Å². The van der Waals surface area contributed by atoms with Crippen molar-refractivity contribution in [3.05, 3.63) is 56.0 Å². The predicted octanol–water partition coefficient (Wildman–Crippen LogP) is 4.80. The Balaban J connectivity index is 2.25. The van der Waals surface area contributed by atoms with Crippen LogP contribution in [0, 0.1) is 0 Å². The monoisotopic (exact) mass is 389 g/mol. The zero-order chi connectivity index (χ0) is 15.4. The van der Waals surface area contributed by atoms with Crippen LogP contribution in [0.4, 0.5) is 0 Å². The second-order valence-electron chi connectivity index (χ2n) is 4.34. The molecule has 21 heavy (non-hydrogen) atoms. The second-order valence-corrected chi connectivity index (χ2v) is 6.04. The van der Waals surface area contributed by atoms with Gasteiger partial charge in [0.2, 0.25) is 0 Å². The van der Waals surface area contributed by atoms with Gasteiger partial charge in [0.15, 0.2) is 11.5 Å². The first-order valence-electron chi connectivity index (χ1n) is 6.18. The summed E-state index contributed by atoms with van der Waals surface area (Å²) < 4.78 is 11.9. The maximum atomic E-state index is 6.13. The van der Waals surface area contributed by atoms with Gasteiger partial charge in [0.05, 0.1) is 11.6 Å². The number of rotatable bonds is 5. The molecule has 0 spiro atoms. The highest BCUT2D eigenvalue weighted by Gasteiger charge is 2.12. The fraction of sp³-hybridized carbons (Fsp3) is 0.200. The smallest absolute Gasteiger partial charge is 0.175 e. The lowest BCUT2D eigenvalue weighted by atomic mass is 10.2. The molecule has 2 aromatic carbocycles. The Labute approximate surface area is 142 Å². The summed E-state index contributed by atoms with van der Waals surface area (Å²) in [7, 11) is 1.58. The van der Waals surface area contributed by atoms with Gasteiger partial charge in [0, 0.05) is 22.2 Å². The molecule has 0 unspecified atom stereocenters. The van der Waals surface area contributed by atoms with Crippen LogP contribution in [0.1, 0.15) is 11.1 Å². The van der Waals surface area contributed by atoms with Crippen LogP contribution in [0.3, 0.4) is 0 Å². The number of hydrogen-bond donors (Lipinski definition) is 1. The van der Waals surface area contributed by atoms with Crippen molar-refractivity contribution in [2.75, 3.05) is 7.11 Å². The van der Waals surface area contributed by atoms with E-state index in [2.05, 4.69) is 15.9 Å². The van der Waals surface area contributed by atoms with Crippen LogP contribution in [-0.4, -0.2) is 7.11 Å². The Bertz CT molecular complexity index is 650. The first-order valence-corrected chi connectivity index (χ1v) is 7.73. The topological polar surface area (TPSA) is 44.5 Å². The van der Waals surface area contributed by atoms with E-state index in [1.165, 1.54) is 0 Å². The fourth-order valence-corrected chi connectivity index (χ4v) is 2.81. The Morgan fingerprint density at radius 1 is 1.19 bits per heavy atom. The van der Waals surface area contributed by atoms with Gasteiger partial charge in [-0.1, -0.05) is 23.2 Å². The van der Waals surface area contributed by atoms with Crippen molar-refractivity contribution in [3.8, 4) is 11.5 Å². The molecule has 0 heterocycles. The van der Waals surface area contributed by atoms with Crippen LogP contribution >= 0.6 is 39.1 Å². The molecule has 0 saturated heterocycles. The Hall–Kier alpha value is -0.940. The standard InChI is InChI=1S/C15H14BrCl2NO2/c1-20-14-5-9(7-19)4-12(16)15(14)21-8-10-6-11(17)2-3-13(10)18/h2-6H,7-8,19H2,1H3. The fourth-order valence-electron chi connectivity index (χ4n) is 1.84.